The Morgan fingerprint density at radius 1 is 1.17 bits per heavy atom. The Morgan fingerprint density at radius 2 is 1.75 bits per heavy atom. The van der Waals surface area contributed by atoms with Gasteiger partial charge in [-0.2, -0.15) is 5.26 Å². The molecule has 1 amide bonds. The van der Waals surface area contributed by atoms with E-state index >= 15 is 0 Å². The van der Waals surface area contributed by atoms with Crippen molar-refractivity contribution in [1.29, 1.82) is 5.26 Å². The molecule has 2 aromatic rings. The van der Waals surface area contributed by atoms with E-state index in [1.165, 1.54) is 26.2 Å². The summed E-state index contributed by atoms with van der Waals surface area (Å²) in [6.07, 6.45) is 0. The molecule has 0 radical (unpaired) electrons. The van der Waals surface area contributed by atoms with Gasteiger partial charge in [0.1, 0.15) is 15.9 Å². The highest BCUT2D eigenvalue weighted by molar-refractivity contribution is 7.18. The van der Waals surface area contributed by atoms with E-state index < -0.39 is 11.9 Å². The van der Waals surface area contributed by atoms with Crippen molar-refractivity contribution < 1.29 is 19.1 Å². The monoisotopic (exact) mass is 342 g/mol. The molecule has 0 aliphatic carbocycles. The molecule has 0 spiro atoms. The molecular weight excluding hydrogens is 328 g/mol. The highest BCUT2D eigenvalue weighted by atomic mass is 32.1. The molecule has 1 aromatic heterocycles. The van der Waals surface area contributed by atoms with Crippen LogP contribution >= 0.6 is 11.3 Å². The third kappa shape index (κ3) is 3.34. The first-order valence-corrected chi connectivity index (χ1v) is 7.74. The van der Waals surface area contributed by atoms with Crippen LogP contribution in [0.25, 0.3) is 0 Å². The first kappa shape index (κ1) is 17.4. The molecule has 122 valence electrons. The number of carbonyl (C=O) groups is 3. The van der Waals surface area contributed by atoms with Gasteiger partial charge in [0.05, 0.1) is 12.7 Å². The first-order chi connectivity index (χ1) is 11.4. The van der Waals surface area contributed by atoms with Crippen LogP contribution in [-0.4, -0.2) is 24.8 Å². The molecule has 0 aliphatic heterocycles. The van der Waals surface area contributed by atoms with Crippen molar-refractivity contribution in [3.05, 3.63) is 51.4 Å². The minimum atomic E-state index is -0.555. The van der Waals surface area contributed by atoms with E-state index in [1.807, 2.05) is 6.07 Å². The average molecular weight is 342 g/mol. The number of nitrogens with one attached hydrogen (secondary N) is 1. The van der Waals surface area contributed by atoms with Gasteiger partial charge >= 0.3 is 5.97 Å². The molecule has 0 bridgehead atoms. The number of hydrogen-bond acceptors (Lipinski definition) is 6. The van der Waals surface area contributed by atoms with Crippen molar-refractivity contribution in [2.75, 3.05) is 12.4 Å². The van der Waals surface area contributed by atoms with Gasteiger partial charge in [0.15, 0.2) is 5.78 Å². The molecule has 1 N–H and O–H groups in total. The van der Waals surface area contributed by atoms with Gasteiger partial charge in [0.2, 0.25) is 0 Å². The Kier molecular flexibility index (Phi) is 5.11. The fraction of sp³-hybridized carbons (Fsp3) is 0.176. The van der Waals surface area contributed by atoms with Crippen LogP contribution in [0.1, 0.15) is 48.4 Å². The predicted molar refractivity (Wildman–Crippen MR) is 89.5 cm³/mol. The Bertz CT molecular complexity index is 860. The van der Waals surface area contributed by atoms with Gasteiger partial charge in [-0.25, -0.2) is 4.79 Å². The van der Waals surface area contributed by atoms with Crippen LogP contribution < -0.4 is 5.32 Å². The number of esters is 1. The molecule has 0 saturated carbocycles. The molecule has 0 saturated heterocycles. The van der Waals surface area contributed by atoms with Crippen LogP contribution in [0.3, 0.4) is 0 Å². The molecule has 0 atom stereocenters. The lowest BCUT2D eigenvalue weighted by atomic mass is 10.1. The summed E-state index contributed by atoms with van der Waals surface area (Å²) in [6, 6.07) is 8.16. The maximum Gasteiger partial charge on any atom is 0.348 e. The van der Waals surface area contributed by atoms with Crippen LogP contribution in [0.15, 0.2) is 24.3 Å². The number of nitrogens with zero attached hydrogens (tertiary/aromatic N) is 1. The van der Waals surface area contributed by atoms with Gasteiger partial charge in [0, 0.05) is 11.1 Å². The van der Waals surface area contributed by atoms with E-state index in [9.17, 15) is 19.6 Å². The van der Waals surface area contributed by atoms with Gasteiger partial charge in [-0.15, -0.1) is 11.3 Å². The largest absolute Gasteiger partial charge is 0.465 e. The lowest BCUT2D eigenvalue weighted by Gasteiger charge is -2.04. The fourth-order valence-electron chi connectivity index (χ4n) is 2.06. The van der Waals surface area contributed by atoms with E-state index in [2.05, 4.69) is 10.1 Å². The summed E-state index contributed by atoms with van der Waals surface area (Å²) in [5, 5.41) is 12.2. The Morgan fingerprint density at radius 3 is 2.25 bits per heavy atom. The Balaban J connectivity index is 2.30. The van der Waals surface area contributed by atoms with Crippen LogP contribution in [0, 0.1) is 18.3 Å². The van der Waals surface area contributed by atoms with Crippen molar-refractivity contribution in [2.24, 2.45) is 0 Å². The van der Waals surface area contributed by atoms with Crippen LogP contribution in [0.2, 0.25) is 0 Å². The average Bonchev–Trinajstić information content (AvgIpc) is 2.89. The molecule has 1 aromatic carbocycles. The minimum absolute atomic E-state index is 0.0923. The van der Waals surface area contributed by atoms with Gasteiger partial charge in [0.25, 0.3) is 5.91 Å². The van der Waals surface area contributed by atoms with E-state index in [0.717, 1.165) is 11.3 Å². The summed E-state index contributed by atoms with van der Waals surface area (Å²) in [7, 11) is 1.25. The third-order valence-corrected chi connectivity index (χ3v) is 4.60. The number of thiophene rings is 1. The topological polar surface area (TPSA) is 96.3 Å². The fourth-order valence-corrected chi connectivity index (χ4v) is 3.13. The summed E-state index contributed by atoms with van der Waals surface area (Å²) < 4.78 is 4.67. The molecule has 6 nitrogen and oxygen atoms in total. The molecule has 7 heteroatoms. The summed E-state index contributed by atoms with van der Waals surface area (Å²) in [5.41, 5.74) is 1.55. The second kappa shape index (κ2) is 7.06. The number of nitriles is 1. The van der Waals surface area contributed by atoms with E-state index in [-0.39, 0.29) is 21.2 Å². The Labute approximate surface area is 142 Å². The van der Waals surface area contributed by atoms with Crippen molar-refractivity contribution in [2.45, 2.75) is 13.8 Å². The lowest BCUT2D eigenvalue weighted by molar-refractivity contribution is 0.0605. The van der Waals surface area contributed by atoms with E-state index in [1.54, 1.807) is 19.1 Å². The number of anilines is 1. The normalized spacial score (nSPS) is 9.92. The molecule has 0 fully saturated rings. The van der Waals surface area contributed by atoms with Crippen LogP contribution in [-0.2, 0) is 4.74 Å². The van der Waals surface area contributed by atoms with E-state index in [0.29, 0.717) is 16.7 Å². The number of ether oxygens (including phenoxy) is 1. The van der Waals surface area contributed by atoms with Gasteiger partial charge in [-0.3, -0.25) is 9.59 Å². The van der Waals surface area contributed by atoms with Crippen molar-refractivity contribution in [3.63, 3.8) is 0 Å². The zero-order valence-corrected chi connectivity index (χ0v) is 14.1. The first-order valence-electron chi connectivity index (χ1n) is 6.93. The number of benzene rings is 1. The summed E-state index contributed by atoms with van der Waals surface area (Å²) >= 11 is 0.991. The smallest absolute Gasteiger partial charge is 0.348 e. The second-order valence-corrected chi connectivity index (χ2v) is 5.97. The number of carbonyl (C=O) groups excluding carboxylic acids is 3. The third-order valence-electron chi connectivity index (χ3n) is 3.41. The maximum absolute atomic E-state index is 12.3. The maximum atomic E-state index is 12.3. The molecule has 1 heterocycles. The molecule has 24 heavy (non-hydrogen) atoms. The molecule has 2 rings (SSSR count). The lowest BCUT2D eigenvalue weighted by Crippen LogP contribution is -2.12. The van der Waals surface area contributed by atoms with Gasteiger partial charge in [-0.1, -0.05) is 12.1 Å². The number of hydrogen-bond donors (Lipinski definition) is 1. The highest BCUT2D eigenvalue weighted by Gasteiger charge is 2.22. The number of ketones is 1. The van der Waals surface area contributed by atoms with Crippen molar-refractivity contribution in [3.8, 4) is 6.07 Å². The summed E-state index contributed by atoms with van der Waals surface area (Å²) in [6.45, 7) is 3.07. The van der Waals surface area contributed by atoms with Crippen LogP contribution in [0.5, 0.6) is 0 Å². The quantitative estimate of drug-likeness (QED) is 0.680. The zero-order valence-electron chi connectivity index (χ0n) is 13.3. The molecule has 0 aliphatic rings. The standard InChI is InChI=1S/C17H14N2O4S/c1-9-13(8-18)16(24-14(9)17(22)23-3)19-15(21)12-6-4-11(5-7-12)10(2)20/h4-7H,1-3H3,(H,19,21). The van der Waals surface area contributed by atoms with Crippen molar-refractivity contribution >= 4 is 34.0 Å². The highest BCUT2D eigenvalue weighted by Crippen LogP contribution is 2.33. The number of methoxy groups -OCH3 is 1. The molecule has 0 unspecified atom stereocenters. The zero-order chi connectivity index (χ0) is 17.9. The molecular formula is C17H14N2O4S. The predicted octanol–water partition coefficient (Wildman–Crippen LogP) is 3.17. The Hall–Kier alpha value is -2.98. The van der Waals surface area contributed by atoms with Crippen molar-refractivity contribution in [1.82, 2.24) is 0 Å². The van der Waals surface area contributed by atoms with Gasteiger partial charge in [-0.05, 0) is 31.5 Å². The SMILES string of the molecule is COC(=O)c1sc(NC(=O)c2ccc(C(C)=O)cc2)c(C#N)c1C. The summed E-state index contributed by atoms with van der Waals surface area (Å²) in [4.78, 5) is 35.5. The van der Waals surface area contributed by atoms with Gasteiger partial charge < -0.3 is 10.1 Å². The second-order valence-electron chi connectivity index (χ2n) is 4.95. The number of amides is 1. The van der Waals surface area contributed by atoms with Crippen LogP contribution in [0.4, 0.5) is 5.00 Å². The number of rotatable bonds is 4. The minimum Gasteiger partial charge on any atom is -0.465 e. The number of Topliss-reactive ketones (excluding diaryl/α,β-unsaturated/α-hetero) is 1. The van der Waals surface area contributed by atoms with E-state index in [4.69, 9.17) is 0 Å². The summed E-state index contributed by atoms with van der Waals surface area (Å²) in [5.74, 6) is -1.08.